The van der Waals surface area contributed by atoms with Crippen LogP contribution in [-0.4, -0.2) is 79.4 Å². The third-order valence-corrected chi connectivity index (χ3v) is 8.33. The largest absolute Gasteiger partial charge is 0.378 e. The summed E-state index contributed by atoms with van der Waals surface area (Å²) in [5.74, 6) is 1.44. The number of thioether (sulfide) groups is 1. The van der Waals surface area contributed by atoms with Crippen molar-refractivity contribution in [3.63, 3.8) is 0 Å². The van der Waals surface area contributed by atoms with Gasteiger partial charge in [0.25, 0.3) is 0 Å². The lowest BCUT2D eigenvalue weighted by Crippen LogP contribution is -2.51. The molecule has 1 aliphatic carbocycles. The number of carbonyl (C=O) groups is 1. The number of halogens is 1. The van der Waals surface area contributed by atoms with Crippen molar-refractivity contribution in [3.05, 3.63) is 30.3 Å². The van der Waals surface area contributed by atoms with Crippen LogP contribution in [0.15, 0.2) is 40.2 Å². The van der Waals surface area contributed by atoms with E-state index in [-0.39, 0.29) is 34.6 Å². The summed E-state index contributed by atoms with van der Waals surface area (Å²) in [6.07, 6.45) is 6.89. The highest BCUT2D eigenvalue weighted by molar-refractivity contribution is 14.0. The molecule has 3 aliphatic rings. The number of ether oxygens (including phenoxy) is 1. The quantitative estimate of drug-likeness (QED) is 0.330. The Labute approximate surface area is 213 Å². The number of piperidine rings is 1. The first-order valence-corrected chi connectivity index (χ1v) is 12.6. The number of nitrogens with zero attached hydrogens (tertiary/aromatic N) is 3. The Morgan fingerprint density at radius 3 is 2.38 bits per heavy atom. The van der Waals surface area contributed by atoms with Gasteiger partial charge in [0.15, 0.2) is 5.96 Å². The number of amides is 1. The second-order valence-electron chi connectivity index (χ2n) is 8.90. The lowest BCUT2D eigenvalue weighted by Gasteiger charge is -2.38. The van der Waals surface area contributed by atoms with Crippen LogP contribution >= 0.6 is 35.7 Å². The summed E-state index contributed by atoms with van der Waals surface area (Å²) in [7, 11) is 1.87. The Bertz CT molecular complexity index is 744. The molecule has 2 aliphatic heterocycles. The maximum Gasteiger partial charge on any atom is 0.225 e. The van der Waals surface area contributed by atoms with Gasteiger partial charge in [0.05, 0.1) is 13.2 Å². The van der Waals surface area contributed by atoms with Gasteiger partial charge in [-0.15, -0.1) is 35.7 Å². The van der Waals surface area contributed by atoms with Crippen LogP contribution in [0.1, 0.15) is 38.5 Å². The zero-order chi connectivity index (χ0) is 21.5. The van der Waals surface area contributed by atoms with Gasteiger partial charge in [-0.1, -0.05) is 31.0 Å². The molecule has 1 aromatic carbocycles. The number of hydrogen-bond donors (Lipinski definition) is 1. The SMILES string of the molecule is CN=C(NCC1(Sc2ccccc2)CCCC1)N1CCC(C(=O)N2CCOCC2)CC1.I. The van der Waals surface area contributed by atoms with Gasteiger partial charge in [0.1, 0.15) is 0 Å². The molecule has 1 saturated carbocycles. The molecule has 2 heterocycles. The number of rotatable bonds is 5. The van der Waals surface area contributed by atoms with E-state index in [4.69, 9.17) is 4.74 Å². The fourth-order valence-electron chi connectivity index (χ4n) is 5.03. The summed E-state index contributed by atoms with van der Waals surface area (Å²) in [5.41, 5.74) is 0. The number of morpholine rings is 1. The fraction of sp³-hybridized carbons (Fsp3) is 0.667. The molecule has 0 bridgehead atoms. The molecule has 2 saturated heterocycles. The number of benzene rings is 1. The first-order valence-electron chi connectivity index (χ1n) is 11.8. The average Bonchev–Trinajstić information content (AvgIpc) is 3.29. The standard InChI is InChI=1S/C24H36N4O2S.HI/c1-25-23(26-19-24(11-5-6-12-24)31-21-7-3-2-4-8-21)28-13-9-20(10-14-28)22(29)27-15-17-30-18-16-27;/h2-4,7-8,20H,5-6,9-19H2,1H3,(H,25,26);1H. The second-order valence-corrected chi connectivity index (χ2v) is 10.4. The normalized spacial score (nSPS) is 21.8. The topological polar surface area (TPSA) is 57.2 Å². The minimum atomic E-state index is 0. The first kappa shape index (κ1) is 25.6. The minimum absolute atomic E-state index is 0. The van der Waals surface area contributed by atoms with Crippen LogP contribution in [0, 0.1) is 5.92 Å². The van der Waals surface area contributed by atoms with Crippen molar-refractivity contribution in [1.82, 2.24) is 15.1 Å². The highest BCUT2D eigenvalue weighted by atomic mass is 127. The maximum absolute atomic E-state index is 12.8. The van der Waals surface area contributed by atoms with Crippen LogP contribution in [0.3, 0.4) is 0 Å². The molecule has 0 atom stereocenters. The van der Waals surface area contributed by atoms with Crippen molar-refractivity contribution in [2.24, 2.45) is 10.9 Å². The molecule has 178 valence electrons. The summed E-state index contributed by atoms with van der Waals surface area (Å²) in [5, 5.41) is 3.69. The van der Waals surface area contributed by atoms with Crippen LogP contribution in [0.2, 0.25) is 0 Å². The van der Waals surface area contributed by atoms with Crippen molar-refractivity contribution in [3.8, 4) is 0 Å². The summed E-state index contributed by atoms with van der Waals surface area (Å²) in [6.45, 7) is 5.53. The van der Waals surface area contributed by atoms with Gasteiger partial charge in [0.2, 0.25) is 5.91 Å². The zero-order valence-electron chi connectivity index (χ0n) is 19.1. The Balaban J connectivity index is 0.00000289. The number of likely N-dealkylation sites (tertiary alicyclic amines) is 1. The van der Waals surface area contributed by atoms with E-state index in [1.54, 1.807) is 0 Å². The number of guanidine groups is 1. The Morgan fingerprint density at radius 2 is 1.75 bits per heavy atom. The van der Waals surface area contributed by atoms with Gasteiger partial charge in [-0.3, -0.25) is 9.79 Å². The third kappa shape index (κ3) is 6.53. The lowest BCUT2D eigenvalue weighted by molar-refractivity contribution is -0.140. The predicted octanol–water partition coefficient (Wildman–Crippen LogP) is 3.86. The summed E-state index contributed by atoms with van der Waals surface area (Å²) >= 11 is 2.02. The Kier molecular flexibility index (Phi) is 9.98. The first-order chi connectivity index (χ1) is 15.2. The Morgan fingerprint density at radius 1 is 1.09 bits per heavy atom. The van der Waals surface area contributed by atoms with Crippen molar-refractivity contribution in [2.45, 2.75) is 48.2 Å². The fourth-order valence-corrected chi connectivity index (χ4v) is 6.46. The van der Waals surface area contributed by atoms with E-state index in [0.29, 0.717) is 19.1 Å². The van der Waals surface area contributed by atoms with E-state index in [9.17, 15) is 4.79 Å². The Hall–Kier alpha value is -1.00. The number of aliphatic imine (C=N–C) groups is 1. The van der Waals surface area contributed by atoms with Gasteiger partial charge in [-0.25, -0.2) is 0 Å². The molecule has 8 heteroatoms. The zero-order valence-corrected chi connectivity index (χ0v) is 22.3. The van der Waals surface area contributed by atoms with Crippen molar-refractivity contribution >= 4 is 47.6 Å². The van der Waals surface area contributed by atoms with E-state index in [1.807, 2.05) is 23.7 Å². The number of hydrogen-bond acceptors (Lipinski definition) is 4. The summed E-state index contributed by atoms with van der Waals surface area (Å²) < 4.78 is 5.63. The smallest absolute Gasteiger partial charge is 0.225 e. The van der Waals surface area contributed by atoms with Crippen LogP contribution < -0.4 is 5.32 Å². The van der Waals surface area contributed by atoms with E-state index < -0.39 is 0 Å². The predicted molar refractivity (Wildman–Crippen MR) is 142 cm³/mol. The van der Waals surface area contributed by atoms with Crippen LogP contribution in [-0.2, 0) is 9.53 Å². The van der Waals surface area contributed by atoms with Gasteiger partial charge in [-0.2, -0.15) is 0 Å². The number of nitrogens with one attached hydrogen (secondary N) is 1. The second kappa shape index (κ2) is 12.5. The van der Waals surface area contributed by atoms with Crippen molar-refractivity contribution in [1.29, 1.82) is 0 Å². The van der Waals surface area contributed by atoms with Gasteiger partial charge in [-0.05, 0) is 37.8 Å². The van der Waals surface area contributed by atoms with E-state index in [2.05, 4.69) is 45.5 Å². The van der Waals surface area contributed by atoms with Crippen LogP contribution in [0.25, 0.3) is 0 Å². The molecule has 1 aromatic rings. The minimum Gasteiger partial charge on any atom is -0.378 e. The maximum atomic E-state index is 12.8. The molecule has 6 nitrogen and oxygen atoms in total. The molecule has 4 rings (SSSR count). The monoisotopic (exact) mass is 572 g/mol. The van der Waals surface area contributed by atoms with Gasteiger partial charge in [0, 0.05) is 55.3 Å². The third-order valence-electron chi connectivity index (χ3n) is 6.84. The summed E-state index contributed by atoms with van der Waals surface area (Å²) in [4.78, 5) is 23.1. The highest BCUT2D eigenvalue weighted by Crippen LogP contribution is 2.44. The summed E-state index contributed by atoms with van der Waals surface area (Å²) in [6, 6.07) is 10.8. The molecule has 0 radical (unpaired) electrons. The van der Waals surface area contributed by atoms with E-state index in [0.717, 1.165) is 51.5 Å². The molecular weight excluding hydrogens is 535 g/mol. The van der Waals surface area contributed by atoms with Gasteiger partial charge < -0.3 is 19.9 Å². The van der Waals surface area contributed by atoms with Gasteiger partial charge >= 0.3 is 0 Å². The molecule has 0 unspecified atom stereocenters. The van der Waals surface area contributed by atoms with E-state index >= 15 is 0 Å². The molecule has 1 amide bonds. The molecule has 3 fully saturated rings. The van der Waals surface area contributed by atoms with Crippen molar-refractivity contribution < 1.29 is 9.53 Å². The molecule has 0 spiro atoms. The highest BCUT2D eigenvalue weighted by Gasteiger charge is 2.36. The lowest BCUT2D eigenvalue weighted by atomic mass is 9.95. The number of carbonyl (C=O) groups excluding carboxylic acids is 1. The molecule has 0 aromatic heterocycles. The van der Waals surface area contributed by atoms with E-state index in [1.165, 1.54) is 30.6 Å². The van der Waals surface area contributed by atoms with Crippen molar-refractivity contribution in [2.75, 3.05) is 53.0 Å². The average molecular weight is 573 g/mol. The van der Waals surface area contributed by atoms with Crippen LogP contribution in [0.4, 0.5) is 0 Å². The molecule has 32 heavy (non-hydrogen) atoms. The molecular formula is C24H37IN4O2S. The molecule has 1 N–H and O–H groups in total. The van der Waals surface area contributed by atoms with Crippen LogP contribution in [0.5, 0.6) is 0 Å².